The van der Waals surface area contributed by atoms with E-state index in [1.165, 1.54) is 0 Å². The maximum Gasteiger partial charge on any atom is 0.244 e. The minimum absolute atomic E-state index is 0.233. The van der Waals surface area contributed by atoms with Crippen molar-refractivity contribution < 1.29 is 8.42 Å². The van der Waals surface area contributed by atoms with Gasteiger partial charge in [-0.05, 0) is 20.3 Å². The standard InChI is InChI=1S/C11H20N4O2S2/c1-5-9(6-10(12)18)14-19(16,17)11-7(2)13-15(4)8(11)3/h9,14H,5-6H2,1-4H3,(H2,12,18). The molecule has 1 atom stereocenters. The van der Waals surface area contributed by atoms with E-state index in [-0.39, 0.29) is 10.9 Å². The van der Waals surface area contributed by atoms with Gasteiger partial charge in [0.1, 0.15) is 4.90 Å². The molecule has 6 nitrogen and oxygen atoms in total. The molecule has 0 amide bonds. The van der Waals surface area contributed by atoms with Gasteiger partial charge in [-0.25, -0.2) is 13.1 Å². The third-order valence-corrected chi connectivity index (χ3v) is 4.91. The number of aryl methyl sites for hydroxylation is 2. The first-order valence-corrected chi connectivity index (χ1v) is 7.89. The van der Waals surface area contributed by atoms with Crippen LogP contribution in [0.5, 0.6) is 0 Å². The topological polar surface area (TPSA) is 90.0 Å². The van der Waals surface area contributed by atoms with Crippen LogP contribution in [0.25, 0.3) is 0 Å². The molecule has 0 aliphatic carbocycles. The molecule has 8 heteroatoms. The summed E-state index contributed by atoms with van der Waals surface area (Å²) in [5, 5.41) is 4.12. The van der Waals surface area contributed by atoms with Crippen LogP contribution in [0.2, 0.25) is 0 Å². The van der Waals surface area contributed by atoms with E-state index in [0.717, 1.165) is 0 Å². The monoisotopic (exact) mass is 304 g/mol. The highest BCUT2D eigenvalue weighted by molar-refractivity contribution is 7.89. The van der Waals surface area contributed by atoms with E-state index >= 15 is 0 Å². The molecular weight excluding hydrogens is 284 g/mol. The molecule has 0 saturated carbocycles. The van der Waals surface area contributed by atoms with Crippen LogP contribution < -0.4 is 10.5 Å². The lowest BCUT2D eigenvalue weighted by atomic mass is 10.2. The number of nitrogens with two attached hydrogens (primary N) is 1. The van der Waals surface area contributed by atoms with Crippen LogP contribution >= 0.6 is 12.2 Å². The minimum Gasteiger partial charge on any atom is -0.393 e. The van der Waals surface area contributed by atoms with Gasteiger partial charge in [0.15, 0.2) is 0 Å². The molecule has 0 fully saturated rings. The molecule has 1 heterocycles. The second-order valence-corrected chi connectivity index (χ2v) is 6.70. The molecule has 0 aromatic carbocycles. The summed E-state index contributed by atoms with van der Waals surface area (Å²) >= 11 is 4.83. The average molecular weight is 304 g/mol. The molecule has 1 aromatic rings. The van der Waals surface area contributed by atoms with Gasteiger partial charge in [0, 0.05) is 19.5 Å². The predicted octanol–water partition coefficient (Wildman–Crippen LogP) is 0.770. The van der Waals surface area contributed by atoms with Crippen molar-refractivity contribution >= 4 is 27.2 Å². The number of sulfonamides is 1. The number of thiocarbonyl (C=S) groups is 1. The van der Waals surface area contributed by atoms with Crippen molar-refractivity contribution in [3.63, 3.8) is 0 Å². The highest BCUT2D eigenvalue weighted by atomic mass is 32.2. The normalized spacial score (nSPS) is 13.5. The Balaban J connectivity index is 3.07. The summed E-state index contributed by atoms with van der Waals surface area (Å²) in [6.45, 7) is 5.29. The Morgan fingerprint density at radius 3 is 2.47 bits per heavy atom. The smallest absolute Gasteiger partial charge is 0.244 e. The number of hydrogen-bond acceptors (Lipinski definition) is 4. The molecule has 0 saturated heterocycles. The largest absolute Gasteiger partial charge is 0.393 e. The molecule has 19 heavy (non-hydrogen) atoms. The van der Waals surface area contributed by atoms with E-state index in [9.17, 15) is 8.42 Å². The third-order valence-electron chi connectivity index (χ3n) is 2.97. The number of rotatable bonds is 6. The molecule has 1 rings (SSSR count). The Labute approximate surface area is 119 Å². The fourth-order valence-electron chi connectivity index (χ4n) is 1.93. The molecule has 0 aliphatic heterocycles. The number of nitrogens with one attached hydrogen (secondary N) is 1. The van der Waals surface area contributed by atoms with Gasteiger partial charge in [0.2, 0.25) is 10.0 Å². The van der Waals surface area contributed by atoms with Crippen LogP contribution in [0.3, 0.4) is 0 Å². The van der Waals surface area contributed by atoms with Gasteiger partial charge in [-0.1, -0.05) is 19.1 Å². The SMILES string of the molecule is CCC(CC(N)=S)NS(=O)(=O)c1c(C)nn(C)c1C. The second-order valence-electron chi connectivity index (χ2n) is 4.52. The summed E-state index contributed by atoms with van der Waals surface area (Å²) in [7, 11) is -1.89. The molecular formula is C11H20N4O2S2. The Hall–Kier alpha value is -0.990. The van der Waals surface area contributed by atoms with Gasteiger partial charge < -0.3 is 5.73 Å². The summed E-state index contributed by atoms with van der Waals surface area (Å²) in [5.41, 5.74) is 6.56. The molecule has 0 radical (unpaired) electrons. The zero-order valence-electron chi connectivity index (χ0n) is 11.6. The van der Waals surface area contributed by atoms with Crippen molar-refractivity contribution in [1.29, 1.82) is 0 Å². The zero-order chi connectivity index (χ0) is 14.8. The van der Waals surface area contributed by atoms with E-state index in [4.69, 9.17) is 18.0 Å². The van der Waals surface area contributed by atoms with Gasteiger partial charge in [-0.15, -0.1) is 0 Å². The molecule has 1 aromatic heterocycles. The van der Waals surface area contributed by atoms with E-state index in [1.807, 2.05) is 6.92 Å². The Kier molecular flexibility index (Phi) is 5.05. The van der Waals surface area contributed by atoms with Gasteiger partial charge in [0.05, 0.1) is 16.4 Å². The minimum atomic E-state index is -3.61. The Morgan fingerprint density at radius 1 is 1.53 bits per heavy atom. The molecule has 1 unspecified atom stereocenters. The molecule has 3 N–H and O–H groups in total. The van der Waals surface area contributed by atoms with Crippen LogP contribution in [0.15, 0.2) is 4.90 Å². The van der Waals surface area contributed by atoms with Crippen LogP contribution in [0.4, 0.5) is 0 Å². The van der Waals surface area contributed by atoms with Gasteiger partial charge >= 0.3 is 0 Å². The van der Waals surface area contributed by atoms with Crippen LogP contribution in [-0.4, -0.2) is 29.2 Å². The lowest BCUT2D eigenvalue weighted by Gasteiger charge is -2.16. The second kappa shape index (κ2) is 5.98. The van der Waals surface area contributed by atoms with E-state index < -0.39 is 10.0 Å². The van der Waals surface area contributed by atoms with E-state index in [1.54, 1.807) is 25.6 Å². The van der Waals surface area contributed by atoms with Crippen LogP contribution in [0.1, 0.15) is 31.2 Å². The predicted molar refractivity (Wildman–Crippen MR) is 78.5 cm³/mol. The van der Waals surface area contributed by atoms with Crippen molar-refractivity contribution in [3.8, 4) is 0 Å². The molecule has 0 spiro atoms. The highest BCUT2D eigenvalue weighted by Crippen LogP contribution is 2.19. The number of aromatic nitrogens is 2. The van der Waals surface area contributed by atoms with Gasteiger partial charge in [-0.3, -0.25) is 4.68 Å². The quantitative estimate of drug-likeness (QED) is 0.758. The van der Waals surface area contributed by atoms with Crippen molar-refractivity contribution in [2.24, 2.45) is 12.8 Å². The fourth-order valence-corrected chi connectivity index (χ4v) is 3.89. The first kappa shape index (κ1) is 16.1. The maximum absolute atomic E-state index is 12.4. The lowest BCUT2D eigenvalue weighted by Crippen LogP contribution is -2.37. The number of nitrogens with zero attached hydrogens (tertiary/aromatic N) is 2. The molecule has 0 bridgehead atoms. The number of hydrogen-bond donors (Lipinski definition) is 2. The van der Waals surface area contributed by atoms with E-state index in [2.05, 4.69) is 9.82 Å². The summed E-state index contributed by atoms with van der Waals surface area (Å²) in [6, 6.07) is -0.290. The maximum atomic E-state index is 12.4. The van der Waals surface area contributed by atoms with Crippen LogP contribution in [0, 0.1) is 13.8 Å². The van der Waals surface area contributed by atoms with Crippen molar-refractivity contribution in [2.45, 2.75) is 44.6 Å². The first-order chi connectivity index (χ1) is 8.69. The summed E-state index contributed by atoms with van der Waals surface area (Å²) < 4.78 is 29.0. The fraction of sp³-hybridized carbons (Fsp3) is 0.636. The molecule has 0 aliphatic rings. The van der Waals surface area contributed by atoms with Crippen molar-refractivity contribution in [1.82, 2.24) is 14.5 Å². The van der Waals surface area contributed by atoms with Gasteiger partial charge in [0.25, 0.3) is 0 Å². The third kappa shape index (κ3) is 3.74. The summed E-state index contributed by atoms with van der Waals surface area (Å²) in [4.78, 5) is 0.533. The highest BCUT2D eigenvalue weighted by Gasteiger charge is 2.26. The zero-order valence-corrected chi connectivity index (χ0v) is 13.2. The van der Waals surface area contributed by atoms with Gasteiger partial charge in [-0.2, -0.15) is 5.10 Å². The summed E-state index contributed by atoms with van der Waals surface area (Å²) in [6.07, 6.45) is 0.971. The van der Waals surface area contributed by atoms with Crippen molar-refractivity contribution in [2.75, 3.05) is 0 Å². The molecule has 108 valence electrons. The Bertz CT molecular complexity index is 578. The lowest BCUT2D eigenvalue weighted by molar-refractivity contribution is 0.545. The average Bonchev–Trinajstić information content (AvgIpc) is 2.51. The first-order valence-electron chi connectivity index (χ1n) is 5.99. The van der Waals surface area contributed by atoms with Crippen LogP contribution in [-0.2, 0) is 17.1 Å². The van der Waals surface area contributed by atoms with E-state index in [0.29, 0.717) is 29.2 Å². The van der Waals surface area contributed by atoms with Crippen molar-refractivity contribution in [3.05, 3.63) is 11.4 Å². The Morgan fingerprint density at radius 2 is 2.11 bits per heavy atom. The summed E-state index contributed by atoms with van der Waals surface area (Å²) in [5.74, 6) is 0.